The second-order valence-corrected chi connectivity index (χ2v) is 16.0. The monoisotopic (exact) mass is 804 g/mol. The first-order chi connectivity index (χ1) is 31.3. The Morgan fingerprint density at radius 1 is 0.286 bits per heavy atom. The number of para-hydroxylation sites is 5. The van der Waals surface area contributed by atoms with Crippen LogP contribution in [0.4, 0.5) is 0 Å². The minimum atomic E-state index is 0.552. The van der Waals surface area contributed by atoms with Gasteiger partial charge in [0, 0.05) is 49.1 Å². The molecule has 63 heavy (non-hydrogen) atoms. The van der Waals surface area contributed by atoms with E-state index in [0.717, 1.165) is 77.5 Å². The quantitative estimate of drug-likeness (QED) is 0.168. The third kappa shape index (κ3) is 5.41. The maximum Gasteiger partial charge on any atom is 0.238 e. The van der Waals surface area contributed by atoms with Gasteiger partial charge in [0.25, 0.3) is 0 Å². The Kier molecular flexibility index (Phi) is 7.80. The highest BCUT2D eigenvalue weighted by Crippen LogP contribution is 2.46. The molecule has 9 aromatic carbocycles. The van der Waals surface area contributed by atoms with Gasteiger partial charge in [0.2, 0.25) is 5.95 Å². The van der Waals surface area contributed by atoms with Gasteiger partial charge in [0.05, 0.1) is 38.8 Å². The van der Waals surface area contributed by atoms with Crippen LogP contribution < -0.4 is 0 Å². The zero-order valence-electron chi connectivity index (χ0n) is 34.0. The summed E-state index contributed by atoms with van der Waals surface area (Å²) in [6.45, 7) is 0. The largest absolute Gasteiger partial charge is 0.307 e. The lowest BCUT2D eigenvalue weighted by Gasteiger charge is -2.16. The van der Waals surface area contributed by atoms with Crippen LogP contribution in [0.25, 0.3) is 117 Å². The Bertz CT molecular complexity index is 3830. The molecule has 0 saturated carbocycles. The summed E-state index contributed by atoms with van der Waals surface area (Å²) >= 11 is 0. The molecule has 0 radical (unpaired) electrons. The Balaban J connectivity index is 1.19. The number of benzene rings is 9. The molecule has 6 heteroatoms. The van der Waals surface area contributed by atoms with Crippen LogP contribution in [-0.2, 0) is 0 Å². The van der Waals surface area contributed by atoms with Crippen LogP contribution in [0.1, 0.15) is 0 Å². The van der Waals surface area contributed by atoms with Crippen molar-refractivity contribution in [3.05, 3.63) is 218 Å². The second-order valence-electron chi connectivity index (χ2n) is 16.0. The van der Waals surface area contributed by atoms with Gasteiger partial charge < -0.3 is 9.13 Å². The van der Waals surface area contributed by atoms with Crippen LogP contribution in [-0.4, -0.2) is 28.7 Å². The maximum absolute atomic E-state index is 5.39. The van der Waals surface area contributed by atoms with E-state index in [1.807, 2.05) is 24.3 Å². The Morgan fingerprint density at radius 2 is 0.698 bits per heavy atom. The molecule has 4 aromatic heterocycles. The van der Waals surface area contributed by atoms with Gasteiger partial charge in [-0.15, -0.1) is 0 Å². The third-order valence-electron chi connectivity index (χ3n) is 12.5. The number of hydrogen-bond donors (Lipinski definition) is 0. The smallest absolute Gasteiger partial charge is 0.238 e. The van der Waals surface area contributed by atoms with Gasteiger partial charge in [-0.25, -0.2) is 4.98 Å². The van der Waals surface area contributed by atoms with E-state index < -0.39 is 0 Å². The summed E-state index contributed by atoms with van der Waals surface area (Å²) < 4.78 is 7.16. The van der Waals surface area contributed by atoms with Crippen LogP contribution in [0, 0.1) is 0 Å². The molecule has 0 aliphatic heterocycles. The summed E-state index contributed by atoms with van der Waals surface area (Å²) in [6, 6.07) is 77.3. The van der Waals surface area contributed by atoms with Crippen LogP contribution in [0.2, 0.25) is 0 Å². The van der Waals surface area contributed by atoms with Gasteiger partial charge >= 0.3 is 0 Å². The molecule has 0 fully saturated rings. The molecular formula is C57H36N6. The van der Waals surface area contributed by atoms with Crippen molar-refractivity contribution in [3.8, 4) is 51.2 Å². The van der Waals surface area contributed by atoms with Crippen LogP contribution in [0.5, 0.6) is 0 Å². The molecule has 0 aliphatic carbocycles. The lowest BCUT2D eigenvalue weighted by molar-refractivity contribution is 0.953. The highest BCUT2D eigenvalue weighted by atomic mass is 15.2. The highest BCUT2D eigenvalue weighted by Gasteiger charge is 2.27. The van der Waals surface area contributed by atoms with Crippen molar-refractivity contribution in [1.29, 1.82) is 0 Å². The molecule has 0 amide bonds. The summed E-state index contributed by atoms with van der Waals surface area (Å²) in [5.41, 5.74) is 12.9. The number of fused-ring (bicyclic) bond motifs is 10. The van der Waals surface area contributed by atoms with Crippen LogP contribution >= 0.6 is 0 Å². The van der Waals surface area contributed by atoms with E-state index in [0.29, 0.717) is 17.6 Å². The molecule has 0 saturated heterocycles. The normalized spacial score (nSPS) is 11.8. The van der Waals surface area contributed by atoms with E-state index >= 15 is 0 Å². The lowest BCUT2D eigenvalue weighted by Crippen LogP contribution is -2.07. The van der Waals surface area contributed by atoms with E-state index in [1.54, 1.807) is 0 Å². The summed E-state index contributed by atoms with van der Waals surface area (Å²) in [5, 5.41) is 7.03. The van der Waals surface area contributed by atoms with Crippen molar-refractivity contribution in [3.63, 3.8) is 0 Å². The van der Waals surface area contributed by atoms with Crippen molar-refractivity contribution < 1.29 is 0 Å². The van der Waals surface area contributed by atoms with Crippen LogP contribution in [0.15, 0.2) is 218 Å². The first-order valence-electron chi connectivity index (χ1n) is 21.3. The number of aromatic nitrogens is 6. The average Bonchev–Trinajstić information content (AvgIpc) is 4.00. The minimum Gasteiger partial charge on any atom is -0.307 e. The van der Waals surface area contributed by atoms with Crippen molar-refractivity contribution >= 4 is 65.4 Å². The van der Waals surface area contributed by atoms with Gasteiger partial charge in [0.15, 0.2) is 11.6 Å². The number of rotatable bonds is 6. The van der Waals surface area contributed by atoms with E-state index in [1.165, 1.54) is 21.5 Å². The first-order valence-corrected chi connectivity index (χ1v) is 21.3. The van der Waals surface area contributed by atoms with Crippen LogP contribution in [0.3, 0.4) is 0 Å². The summed E-state index contributed by atoms with van der Waals surface area (Å²) in [7, 11) is 0. The Hall–Kier alpha value is -8.61. The predicted molar refractivity (Wildman–Crippen MR) is 259 cm³/mol. The van der Waals surface area contributed by atoms with Crippen molar-refractivity contribution in [2.75, 3.05) is 0 Å². The van der Waals surface area contributed by atoms with E-state index in [-0.39, 0.29) is 0 Å². The molecule has 4 heterocycles. The second kappa shape index (κ2) is 14.0. The Morgan fingerprint density at radius 3 is 1.29 bits per heavy atom. The fraction of sp³-hybridized carbons (Fsp3) is 0. The molecule has 0 unspecified atom stereocenters. The topological polar surface area (TPSA) is 53.5 Å². The molecule has 294 valence electrons. The summed E-state index contributed by atoms with van der Waals surface area (Å²) in [6.07, 6.45) is 0. The molecule has 0 aliphatic rings. The van der Waals surface area contributed by atoms with Gasteiger partial charge in [0.1, 0.15) is 0 Å². The van der Waals surface area contributed by atoms with Crippen molar-refractivity contribution in [1.82, 2.24) is 28.7 Å². The van der Waals surface area contributed by atoms with Gasteiger partial charge in [-0.05, 0) is 53.6 Å². The van der Waals surface area contributed by atoms with Gasteiger partial charge in [-0.3, -0.25) is 4.57 Å². The van der Waals surface area contributed by atoms with Crippen molar-refractivity contribution in [2.24, 2.45) is 0 Å². The van der Waals surface area contributed by atoms with Gasteiger partial charge in [-0.1, -0.05) is 176 Å². The first kappa shape index (κ1) is 35.2. The highest BCUT2D eigenvalue weighted by molar-refractivity contribution is 6.31. The number of nitrogens with zero attached hydrogens (tertiary/aromatic N) is 6. The fourth-order valence-electron chi connectivity index (χ4n) is 9.76. The average molecular weight is 805 g/mol. The summed E-state index contributed by atoms with van der Waals surface area (Å²) in [5.74, 6) is 1.77. The van der Waals surface area contributed by atoms with Gasteiger partial charge in [-0.2, -0.15) is 9.97 Å². The SMILES string of the molecule is c1ccc(-c2ccc(-c3nc(-c4ccccc4)nc(-n4c5ccccc5c5c6c7ccccc7n(-c7ccccc7)c6c(-n6c7ccccc7c7ccccc76)cc54)n3)cc2)cc1. The third-order valence-corrected chi connectivity index (χ3v) is 12.5. The zero-order valence-corrected chi connectivity index (χ0v) is 34.0. The lowest BCUT2D eigenvalue weighted by atomic mass is 10.0. The fourth-order valence-corrected chi connectivity index (χ4v) is 9.76. The maximum atomic E-state index is 5.39. The summed E-state index contributed by atoms with van der Waals surface area (Å²) in [4.78, 5) is 15.9. The minimum absolute atomic E-state index is 0.552. The zero-order chi connectivity index (χ0) is 41.4. The van der Waals surface area contributed by atoms with E-state index in [2.05, 4.69) is 208 Å². The molecule has 0 spiro atoms. The standard InChI is InChI=1S/C57H36N6/c1-4-18-37(19-5-1)38-32-34-40(35-33-38)56-58-55(39-20-6-2-7-21-39)59-57(60-56)63-49-31-17-12-26-44(49)52-50(63)36-51(62-46-28-14-10-24-42(46)43-25-11-15-29-47(43)62)54-53(52)45-27-13-16-30-48(45)61(54)41-22-8-3-9-23-41/h1-36H. The molecule has 0 atom stereocenters. The van der Waals surface area contributed by atoms with E-state index in [9.17, 15) is 0 Å². The number of hydrogen-bond acceptors (Lipinski definition) is 3. The van der Waals surface area contributed by atoms with Crippen molar-refractivity contribution in [2.45, 2.75) is 0 Å². The molecule has 0 bridgehead atoms. The molecule has 13 aromatic rings. The molecule has 6 nitrogen and oxygen atoms in total. The van der Waals surface area contributed by atoms with E-state index in [4.69, 9.17) is 15.0 Å². The molecular weight excluding hydrogens is 769 g/mol. The molecule has 13 rings (SSSR count). The predicted octanol–water partition coefficient (Wildman–Crippen LogP) is 14.2. The Labute approximate surface area is 362 Å². The molecule has 0 N–H and O–H groups in total.